The van der Waals surface area contributed by atoms with Gasteiger partial charge in [-0.25, -0.2) is 0 Å². The second kappa shape index (κ2) is 6.02. The molecule has 0 heterocycles. The molecule has 1 aliphatic rings. The van der Waals surface area contributed by atoms with Crippen molar-refractivity contribution >= 4 is 11.8 Å². The zero-order chi connectivity index (χ0) is 13.9. The Balaban J connectivity index is 1.96. The molecule has 104 valence electrons. The Morgan fingerprint density at radius 1 is 1.00 bits per heavy atom. The number of aliphatic hydroxyl groups excluding tert-OH is 1. The Kier molecular flexibility index (Phi) is 4.13. The summed E-state index contributed by atoms with van der Waals surface area (Å²) in [6.45, 7) is 0. The van der Waals surface area contributed by atoms with Crippen molar-refractivity contribution in [1.82, 2.24) is 0 Å². The summed E-state index contributed by atoms with van der Waals surface area (Å²) in [6, 6.07) is 14.6. The van der Waals surface area contributed by atoms with E-state index in [1.165, 1.54) is 30.4 Å². The summed E-state index contributed by atoms with van der Waals surface area (Å²) < 4.78 is 0. The van der Waals surface area contributed by atoms with E-state index in [1.54, 1.807) is 11.8 Å². The van der Waals surface area contributed by atoms with Gasteiger partial charge in [-0.2, -0.15) is 0 Å². The minimum atomic E-state index is -0.522. The molecule has 0 aliphatic heterocycles. The van der Waals surface area contributed by atoms with Gasteiger partial charge in [0.25, 0.3) is 0 Å². The number of fused-ring (bicyclic) bond motifs is 1. The molecule has 0 spiro atoms. The number of rotatable bonds is 3. The SMILES string of the molecule is CSc1ccccc1C(O)c1ccc2c(c1)CCCC2. The van der Waals surface area contributed by atoms with E-state index in [9.17, 15) is 5.11 Å². The van der Waals surface area contributed by atoms with Crippen molar-refractivity contribution in [3.05, 3.63) is 64.7 Å². The van der Waals surface area contributed by atoms with E-state index < -0.39 is 6.10 Å². The third kappa shape index (κ3) is 2.63. The van der Waals surface area contributed by atoms with Gasteiger partial charge in [0.05, 0.1) is 0 Å². The Bertz CT molecular complexity index is 606. The zero-order valence-corrected chi connectivity index (χ0v) is 12.6. The Hall–Kier alpha value is -1.25. The van der Waals surface area contributed by atoms with E-state index in [1.807, 2.05) is 18.2 Å². The summed E-state index contributed by atoms with van der Waals surface area (Å²) in [7, 11) is 0. The molecule has 0 saturated heterocycles. The molecule has 1 aliphatic carbocycles. The Morgan fingerprint density at radius 2 is 1.75 bits per heavy atom. The lowest BCUT2D eigenvalue weighted by Gasteiger charge is -2.20. The van der Waals surface area contributed by atoms with Crippen LogP contribution in [-0.2, 0) is 12.8 Å². The summed E-state index contributed by atoms with van der Waals surface area (Å²) in [5.41, 5.74) is 4.92. The molecule has 0 amide bonds. The van der Waals surface area contributed by atoms with Gasteiger partial charge in [0.2, 0.25) is 0 Å². The van der Waals surface area contributed by atoms with E-state index in [4.69, 9.17) is 0 Å². The first-order valence-electron chi connectivity index (χ1n) is 7.22. The van der Waals surface area contributed by atoms with Crippen molar-refractivity contribution in [2.24, 2.45) is 0 Å². The lowest BCUT2D eigenvalue weighted by atomic mass is 9.88. The van der Waals surface area contributed by atoms with Crippen molar-refractivity contribution < 1.29 is 5.11 Å². The molecule has 20 heavy (non-hydrogen) atoms. The van der Waals surface area contributed by atoms with Crippen molar-refractivity contribution in [2.45, 2.75) is 36.7 Å². The maximum Gasteiger partial charge on any atom is 0.105 e. The predicted octanol–water partition coefficient (Wildman–Crippen LogP) is 4.37. The molecule has 1 atom stereocenters. The number of benzene rings is 2. The van der Waals surface area contributed by atoms with Gasteiger partial charge >= 0.3 is 0 Å². The fourth-order valence-corrected chi connectivity index (χ4v) is 3.63. The summed E-state index contributed by atoms with van der Waals surface area (Å²) in [6.07, 6.45) is 6.44. The van der Waals surface area contributed by atoms with Crippen molar-refractivity contribution in [2.75, 3.05) is 6.26 Å². The molecule has 1 N–H and O–H groups in total. The van der Waals surface area contributed by atoms with E-state index in [2.05, 4.69) is 30.5 Å². The van der Waals surface area contributed by atoms with E-state index in [-0.39, 0.29) is 0 Å². The third-order valence-electron chi connectivity index (χ3n) is 4.12. The normalized spacial score (nSPS) is 15.7. The lowest BCUT2D eigenvalue weighted by Crippen LogP contribution is -2.06. The van der Waals surface area contributed by atoms with Crippen LogP contribution in [0.4, 0.5) is 0 Å². The van der Waals surface area contributed by atoms with Gasteiger partial charge in [0, 0.05) is 4.90 Å². The van der Waals surface area contributed by atoms with Crippen LogP contribution in [0.2, 0.25) is 0 Å². The molecule has 2 aromatic rings. The number of hydrogen-bond acceptors (Lipinski definition) is 2. The zero-order valence-electron chi connectivity index (χ0n) is 11.8. The monoisotopic (exact) mass is 284 g/mol. The van der Waals surface area contributed by atoms with Gasteiger partial charge in [-0.1, -0.05) is 36.4 Å². The van der Waals surface area contributed by atoms with Gasteiger partial charge in [-0.3, -0.25) is 0 Å². The fourth-order valence-electron chi connectivity index (χ4n) is 3.00. The third-order valence-corrected chi connectivity index (χ3v) is 4.93. The molecule has 2 aromatic carbocycles. The first kappa shape index (κ1) is 13.7. The quantitative estimate of drug-likeness (QED) is 0.845. The molecule has 1 nitrogen and oxygen atoms in total. The number of aliphatic hydroxyl groups is 1. The van der Waals surface area contributed by atoms with Gasteiger partial charge in [-0.15, -0.1) is 11.8 Å². The smallest absolute Gasteiger partial charge is 0.105 e. The van der Waals surface area contributed by atoms with Crippen LogP contribution in [0.5, 0.6) is 0 Å². The van der Waals surface area contributed by atoms with Crippen LogP contribution in [0.1, 0.15) is 41.2 Å². The maximum atomic E-state index is 10.7. The Morgan fingerprint density at radius 3 is 2.55 bits per heavy atom. The summed E-state index contributed by atoms with van der Waals surface area (Å²) in [4.78, 5) is 1.15. The number of aryl methyl sites for hydroxylation is 2. The minimum absolute atomic E-state index is 0.522. The Labute approximate surface area is 125 Å². The highest BCUT2D eigenvalue weighted by Crippen LogP contribution is 2.32. The molecule has 3 rings (SSSR count). The van der Waals surface area contributed by atoms with Crippen molar-refractivity contribution in [1.29, 1.82) is 0 Å². The maximum absolute atomic E-state index is 10.7. The first-order valence-corrected chi connectivity index (χ1v) is 8.45. The second-order valence-electron chi connectivity index (χ2n) is 5.38. The lowest BCUT2D eigenvalue weighted by molar-refractivity contribution is 0.217. The van der Waals surface area contributed by atoms with Crippen LogP contribution in [0.25, 0.3) is 0 Å². The second-order valence-corrected chi connectivity index (χ2v) is 6.23. The molecule has 0 aromatic heterocycles. The number of thioether (sulfide) groups is 1. The van der Waals surface area contributed by atoms with Crippen LogP contribution in [0.15, 0.2) is 47.4 Å². The molecule has 0 bridgehead atoms. The fraction of sp³-hybridized carbons (Fsp3) is 0.333. The highest BCUT2D eigenvalue weighted by Gasteiger charge is 2.16. The first-order chi connectivity index (χ1) is 9.79. The van der Waals surface area contributed by atoms with Gasteiger partial charge in [0.15, 0.2) is 0 Å². The molecule has 0 saturated carbocycles. The molecular formula is C18H20OS. The average molecular weight is 284 g/mol. The molecular weight excluding hydrogens is 264 g/mol. The minimum Gasteiger partial charge on any atom is -0.384 e. The standard InChI is InChI=1S/C18H20OS/c1-20-17-9-5-4-8-16(17)18(19)15-11-10-13-6-2-3-7-14(13)12-15/h4-5,8-12,18-19H,2-3,6-7H2,1H3. The predicted molar refractivity (Wildman–Crippen MR) is 85.4 cm³/mol. The highest BCUT2D eigenvalue weighted by atomic mass is 32.2. The van der Waals surface area contributed by atoms with E-state index in [0.29, 0.717) is 0 Å². The molecule has 1 unspecified atom stereocenters. The van der Waals surface area contributed by atoms with E-state index in [0.717, 1.165) is 22.4 Å². The van der Waals surface area contributed by atoms with E-state index >= 15 is 0 Å². The van der Waals surface area contributed by atoms with Crippen molar-refractivity contribution in [3.63, 3.8) is 0 Å². The van der Waals surface area contributed by atoms with Crippen LogP contribution in [0, 0.1) is 0 Å². The molecule has 0 radical (unpaired) electrons. The van der Waals surface area contributed by atoms with Crippen LogP contribution in [0.3, 0.4) is 0 Å². The van der Waals surface area contributed by atoms with Crippen molar-refractivity contribution in [3.8, 4) is 0 Å². The molecule has 2 heteroatoms. The summed E-state index contributed by atoms with van der Waals surface area (Å²) in [5.74, 6) is 0. The summed E-state index contributed by atoms with van der Waals surface area (Å²) >= 11 is 1.69. The van der Waals surface area contributed by atoms with Crippen LogP contribution < -0.4 is 0 Å². The van der Waals surface area contributed by atoms with Gasteiger partial charge in [0.1, 0.15) is 6.10 Å². The number of hydrogen-bond donors (Lipinski definition) is 1. The van der Waals surface area contributed by atoms with Crippen LogP contribution in [-0.4, -0.2) is 11.4 Å². The summed E-state index contributed by atoms with van der Waals surface area (Å²) in [5, 5.41) is 10.7. The largest absolute Gasteiger partial charge is 0.384 e. The van der Waals surface area contributed by atoms with Gasteiger partial charge in [-0.05, 0) is 60.3 Å². The molecule has 0 fully saturated rings. The highest BCUT2D eigenvalue weighted by molar-refractivity contribution is 7.98. The topological polar surface area (TPSA) is 20.2 Å². The van der Waals surface area contributed by atoms with Gasteiger partial charge < -0.3 is 5.11 Å². The van der Waals surface area contributed by atoms with Crippen LogP contribution >= 0.6 is 11.8 Å². The average Bonchev–Trinajstić information content (AvgIpc) is 2.53.